The highest BCUT2D eigenvalue weighted by Gasteiger charge is 2.23. The van der Waals surface area contributed by atoms with Gasteiger partial charge in [0, 0.05) is 10.6 Å². The van der Waals surface area contributed by atoms with E-state index in [0.29, 0.717) is 49.8 Å². The second-order valence-corrected chi connectivity index (χ2v) is 9.51. The van der Waals surface area contributed by atoms with Gasteiger partial charge in [0.2, 0.25) is 0 Å². The highest BCUT2D eigenvalue weighted by Crippen LogP contribution is 2.38. The number of phenols is 1. The predicted octanol–water partition coefficient (Wildman–Crippen LogP) is 7.57. The monoisotopic (exact) mass is 554 g/mol. The van der Waals surface area contributed by atoms with Crippen molar-refractivity contribution in [3.63, 3.8) is 0 Å². The molecule has 0 fully saturated rings. The van der Waals surface area contributed by atoms with E-state index in [9.17, 15) is 5.11 Å². The smallest absolute Gasteiger partial charge is 0.186 e. The number of rotatable bonds is 5. The summed E-state index contributed by atoms with van der Waals surface area (Å²) in [6.07, 6.45) is 0. The van der Waals surface area contributed by atoms with Crippen LogP contribution in [0.2, 0.25) is 10.2 Å². The van der Waals surface area contributed by atoms with E-state index in [1.807, 2.05) is 43.3 Å². The topological polar surface area (TPSA) is 119 Å². The third-order valence-corrected chi connectivity index (χ3v) is 6.71. The normalized spacial score (nSPS) is 11.6. The van der Waals surface area contributed by atoms with Crippen molar-refractivity contribution in [1.29, 1.82) is 0 Å². The van der Waals surface area contributed by atoms with E-state index in [0.717, 1.165) is 11.3 Å². The molecule has 0 aliphatic rings. The number of nitrogens with zero attached hydrogens (tertiary/aromatic N) is 7. The molecule has 0 aliphatic heterocycles. The van der Waals surface area contributed by atoms with Crippen molar-refractivity contribution in [3.8, 4) is 34.0 Å². The minimum atomic E-state index is 0.147. The molecular formula is C28H20Cl2N8O. The molecule has 0 atom stereocenters. The number of hydrogen-bond acceptors (Lipinski definition) is 7. The van der Waals surface area contributed by atoms with Crippen LogP contribution in [0.4, 0.5) is 17.2 Å². The lowest BCUT2D eigenvalue weighted by Gasteiger charge is -2.09. The Balaban J connectivity index is 1.59. The second kappa shape index (κ2) is 9.86. The Morgan fingerprint density at radius 1 is 0.872 bits per heavy atom. The van der Waals surface area contributed by atoms with Crippen molar-refractivity contribution in [2.45, 2.75) is 6.92 Å². The van der Waals surface area contributed by atoms with Crippen molar-refractivity contribution < 1.29 is 5.11 Å². The standard InChI is InChI=1S/C28H20Cl2N8O/c1-16-24(26(30)37(35-16)20-5-3-2-4-6-20)23-15-22(17-7-13-21(39)14-8-17)32-28-25(27(31)36-38(23)28)34-33-19-11-9-18(29)10-12-19/h2-15,39H,1H3,(H2,31,36). The first-order chi connectivity index (χ1) is 18.9. The summed E-state index contributed by atoms with van der Waals surface area (Å²) in [5, 5.41) is 28.8. The van der Waals surface area contributed by atoms with E-state index in [1.54, 1.807) is 57.7 Å². The van der Waals surface area contributed by atoms with Crippen LogP contribution in [0.25, 0.3) is 33.8 Å². The average molecular weight is 555 g/mol. The Labute approximate surface area is 232 Å². The van der Waals surface area contributed by atoms with Crippen LogP contribution in [0.1, 0.15) is 5.69 Å². The summed E-state index contributed by atoms with van der Waals surface area (Å²) in [7, 11) is 0. The van der Waals surface area contributed by atoms with Gasteiger partial charge in [-0.05, 0) is 73.7 Å². The third-order valence-electron chi connectivity index (χ3n) is 6.11. The lowest BCUT2D eigenvalue weighted by molar-refractivity contribution is 0.475. The fraction of sp³-hybridized carbons (Fsp3) is 0.0357. The molecule has 0 radical (unpaired) electrons. The summed E-state index contributed by atoms with van der Waals surface area (Å²) in [5.41, 5.74) is 11.8. The van der Waals surface area contributed by atoms with Crippen LogP contribution in [-0.4, -0.2) is 29.5 Å². The van der Waals surface area contributed by atoms with Crippen LogP contribution in [0, 0.1) is 6.92 Å². The lowest BCUT2D eigenvalue weighted by Crippen LogP contribution is -2.00. The van der Waals surface area contributed by atoms with Gasteiger partial charge >= 0.3 is 0 Å². The molecule has 0 spiro atoms. The van der Waals surface area contributed by atoms with E-state index in [2.05, 4.69) is 15.3 Å². The van der Waals surface area contributed by atoms with Gasteiger partial charge in [-0.3, -0.25) is 0 Å². The van der Waals surface area contributed by atoms with Gasteiger partial charge in [0.15, 0.2) is 17.2 Å². The number of benzene rings is 3. The Kier molecular flexibility index (Phi) is 6.22. The van der Waals surface area contributed by atoms with Crippen molar-refractivity contribution in [2.24, 2.45) is 10.2 Å². The number of phenolic OH excluding ortho intramolecular Hbond substituents is 1. The molecule has 11 heteroatoms. The molecule has 3 aromatic carbocycles. The summed E-state index contributed by atoms with van der Waals surface area (Å²) >= 11 is 12.9. The molecule has 39 heavy (non-hydrogen) atoms. The number of nitrogen functional groups attached to an aromatic ring is 1. The number of aromatic hydroxyl groups is 1. The molecule has 0 unspecified atom stereocenters. The predicted molar refractivity (Wildman–Crippen MR) is 152 cm³/mol. The molecule has 0 bridgehead atoms. The molecule has 3 N–H and O–H groups in total. The number of azo groups is 1. The molecule has 0 saturated carbocycles. The van der Waals surface area contributed by atoms with E-state index in [4.69, 9.17) is 39.0 Å². The summed E-state index contributed by atoms with van der Waals surface area (Å²) in [6, 6.07) is 25.2. The van der Waals surface area contributed by atoms with Gasteiger partial charge in [-0.2, -0.15) is 10.2 Å². The maximum atomic E-state index is 9.82. The zero-order valence-corrected chi connectivity index (χ0v) is 22.0. The first kappa shape index (κ1) is 24.6. The lowest BCUT2D eigenvalue weighted by atomic mass is 10.1. The van der Waals surface area contributed by atoms with Crippen LogP contribution in [0.15, 0.2) is 95.2 Å². The zero-order chi connectivity index (χ0) is 27.1. The number of fused-ring (bicyclic) bond motifs is 1. The number of hydrogen-bond donors (Lipinski definition) is 2. The largest absolute Gasteiger partial charge is 0.508 e. The van der Waals surface area contributed by atoms with Gasteiger partial charge < -0.3 is 10.8 Å². The Bertz CT molecular complexity index is 1840. The molecular weight excluding hydrogens is 535 g/mol. The van der Waals surface area contributed by atoms with Gasteiger partial charge in [-0.15, -0.1) is 10.2 Å². The van der Waals surface area contributed by atoms with Crippen LogP contribution in [-0.2, 0) is 0 Å². The van der Waals surface area contributed by atoms with Crippen LogP contribution in [0.3, 0.4) is 0 Å². The second-order valence-electron chi connectivity index (χ2n) is 8.72. The minimum Gasteiger partial charge on any atom is -0.508 e. The fourth-order valence-electron chi connectivity index (χ4n) is 4.22. The summed E-state index contributed by atoms with van der Waals surface area (Å²) in [4.78, 5) is 4.83. The highest BCUT2D eigenvalue weighted by atomic mass is 35.5. The van der Waals surface area contributed by atoms with E-state index in [-0.39, 0.29) is 11.6 Å². The van der Waals surface area contributed by atoms with Crippen LogP contribution < -0.4 is 5.73 Å². The number of aromatic nitrogens is 5. The Hall–Kier alpha value is -4.73. The van der Waals surface area contributed by atoms with Crippen LogP contribution in [0.5, 0.6) is 5.75 Å². The highest BCUT2D eigenvalue weighted by molar-refractivity contribution is 6.32. The zero-order valence-electron chi connectivity index (χ0n) is 20.5. The van der Waals surface area contributed by atoms with E-state index in [1.165, 1.54) is 0 Å². The van der Waals surface area contributed by atoms with Gasteiger partial charge in [0.1, 0.15) is 10.9 Å². The van der Waals surface area contributed by atoms with Crippen LogP contribution >= 0.6 is 23.2 Å². The Morgan fingerprint density at radius 3 is 2.31 bits per heavy atom. The first-order valence-electron chi connectivity index (χ1n) is 11.9. The van der Waals surface area contributed by atoms with E-state index >= 15 is 0 Å². The Morgan fingerprint density at radius 2 is 1.59 bits per heavy atom. The van der Waals surface area contributed by atoms with Gasteiger partial charge in [0.25, 0.3) is 0 Å². The van der Waals surface area contributed by atoms with Gasteiger partial charge in [0.05, 0.1) is 34.0 Å². The summed E-state index contributed by atoms with van der Waals surface area (Å²) in [6.45, 7) is 1.88. The van der Waals surface area contributed by atoms with Crippen molar-refractivity contribution in [1.82, 2.24) is 24.4 Å². The number of nitrogens with two attached hydrogens (primary N) is 1. The minimum absolute atomic E-state index is 0.147. The molecule has 9 nitrogen and oxygen atoms in total. The molecule has 0 amide bonds. The molecule has 3 aromatic heterocycles. The summed E-state index contributed by atoms with van der Waals surface area (Å²) < 4.78 is 3.27. The first-order valence-corrected chi connectivity index (χ1v) is 12.6. The van der Waals surface area contributed by atoms with Gasteiger partial charge in [-0.25, -0.2) is 14.2 Å². The third kappa shape index (κ3) is 4.58. The molecule has 3 heterocycles. The maximum absolute atomic E-state index is 9.82. The maximum Gasteiger partial charge on any atom is 0.186 e. The molecule has 192 valence electrons. The average Bonchev–Trinajstić information content (AvgIpc) is 3.43. The molecule has 6 rings (SSSR count). The number of aryl methyl sites for hydroxylation is 1. The van der Waals surface area contributed by atoms with Gasteiger partial charge in [-0.1, -0.05) is 41.4 Å². The fourth-order valence-corrected chi connectivity index (χ4v) is 4.72. The summed E-state index contributed by atoms with van der Waals surface area (Å²) in [5.74, 6) is 0.294. The molecule has 0 saturated heterocycles. The van der Waals surface area contributed by atoms with Crippen molar-refractivity contribution in [3.05, 3.63) is 101 Å². The van der Waals surface area contributed by atoms with Crippen molar-refractivity contribution in [2.75, 3.05) is 5.73 Å². The number of para-hydroxylation sites is 1. The number of halogens is 2. The molecule has 6 aromatic rings. The van der Waals surface area contributed by atoms with E-state index < -0.39 is 0 Å². The quantitative estimate of drug-likeness (QED) is 0.213. The number of anilines is 1. The van der Waals surface area contributed by atoms with Crippen molar-refractivity contribution >= 4 is 46.0 Å². The SMILES string of the molecule is Cc1nn(-c2ccccc2)c(Cl)c1-c1cc(-c2ccc(O)cc2)nc2c(N=Nc3ccc(Cl)cc3)c(N)nn12. The molecule has 0 aliphatic carbocycles.